The van der Waals surface area contributed by atoms with Crippen LogP contribution in [0.25, 0.3) is 27.5 Å². The van der Waals surface area contributed by atoms with Crippen LogP contribution in [0.15, 0.2) is 58.1 Å². The predicted molar refractivity (Wildman–Crippen MR) is 152 cm³/mol. The first-order chi connectivity index (χ1) is 19.8. The average molecular weight is 577 g/mol. The Kier molecular flexibility index (Phi) is 6.19. The lowest BCUT2D eigenvalue weighted by Crippen LogP contribution is -2.35. The molecular weight excluding hydrogens is 549 g/mol. The summed E-state index contributed by atoms with van der Waals surface area (Å²) in [5.74, 6) is -4.59. The van der Waals surface area contributed by atoms with Gasteiger partial charge >= 0.3 is 5.69 Å². The fraction of sp³-hybridized carbons (Fsp3) is 0.258. The monoisotopic (exact) mass is 576 g/mol. The number of benzene rings is 3. The minimum atomic E-state index is -1.56. The van der Waals surface area contributed by atoms with Crippen molar-refractivity contribution in [3.8, 4) is 5.69 Å². The molecule has 11 heteroatoms. The number of amides is 1. The number of aromatic amines is 2. The van der Waals surface area contributed by atoms with Crippen LogP contribution < -0.4 is 17.0 Å². The molecular formula is C31H27F3N4O4. The predicted octanol–water partition coefficient (Wildman–Crippen LogP) is 4.42. The molecule has 2 aromatic heterocycles. The maximum atomic E-state index is 16.2. The lowest BCUT2D eigenvalue weighted by atomic mass is 9.73. The number of H-pyrrole nitrogens is 2. The van der Waals surface area contributed by atoms with Crippen LogP contribution in [0.2, 0.25) is 0 Å². The van der Waals surface area contributed by atoms with Gasteiger partial charge in [0, 0.05) is 28.6 Å². The first kappa shape index (κ1) is 27.5. The second kappa shape index (κ2) is 9.45. The molecule has 2 heterocycles. The zero-order chi connectivity index (χ0) is 30.2. The van der Waals surface area contributed by atoms with E-state index >= 15 is 4.39 Å². The quantitative estimate of drug-likeness (QED) is 0.252. The van der Waals surface area contributed by atoms with Crippen molar-refractivity contribution < 1.29 is 23.1 Å². The molecule has 6 rings (SSSR count). The molecule has 0 fully saturated rings. The van der Waals surface area contributed by atoms with Crippen molar-refractivity contribution in [1.82, 2.24) is 14.5 Å². The van der Waals surface area contributed by atoms with E-state index in [0.717, 1.165) is 10.6 Å². The van der Waals surface area contributed by atoms with Crippen LogP contribution in [0.4, 0.5) is 13.2 Å². The maximum Gasteiger partial charge on any atom is 0.333 e. The topological polar surface area (TPSA) is 134 Å². The van der Waals surface area contributed by atoms with Gasteiger partial charge in [-0.2, -0.15) is 0 Å². The zero-order valence-electron chi connectivity index (χ0n) is 22.9. The van der Waals surface area contributed by atoms with Gasteiger partial charge in [-0.15, -0.1) is 0 Å². The number of rotatable bonds is 4. The molecule has 1 aliphatic carbocycles. The van der Waals surface area contributed by atoms with Crippen LogP contribution >= 0.6 is 0 Å². The first-order valence-electron chi connectivity index (χ1n) is 13.3. The van der Waals surface area contributed by atoms with Gasteiger partial charge in [0.2, 0.25) is 5.91 Å². The summed E-state index contributed by atoms with van der Waals surface area (Å²) in [6.07, 6.45) is -1.76. The highest BCUT2D eigenvalue weighted by Crippen LogP contribution is 2.48. The second-order valence-electron chi connectivity index (χ2n) is 11.3. The molecule has 0 radical (unpaired) electrons. The largest absolute Gasteiger partial charge is 0.386 e. The zero-order valence-corrected chi connectivity index (χ0v) is 22.9. The van der Waals surface area contributed by atoms with Gasteiger partial charge in [0.05, 0.1) is 28.1 Å². The number of nitrogens with two attached hydrogens (primary N) is 1. The van der Waals surface area contributed by atoms with Gasteiger partial charge in [-0.3, -0.25) is 9.59 Å². The summed E-state index contributed by atoms with van der Waals surface area (Å²) in [6, 6.07) is 11.4. The Hall–Kier alpha value is -4.64. The molecule has 8 nitrogen and oxygen atoms in total. The number of hydrogen-bond donors (Lipinski definition) is 4. The van der Waals surface area contributed by atoms with Crippen LogP contribution in [-0.2, 0) is 10.4 Å². The number of hydrogen-bond acceptors (Lipinski definition) is 4. The van der Waals surface area contributed by atoms with Crippen molar-refractivity contribution in [3.63, 3.8) is 0 Å². The first-order valence-corrected chi connectivity index (χ1v) is 13.3. The molecule has 1 aliphatic rings. The maximum absolute atomic E-state index is 16.2. The van der Waals surface area contributed by atoms with Crippen molar-refractivity contribution in [2.24, 2.45) is 5.73 Å². The Morgan fingerprint density at radius 1 is 1.07 bits per heavy atom. The molecule has 0 bridgehead atoms. The van der Waals surface area contributed by atoms with Crippen molar-refractivity contribution in [1.29, 1.82) is 0 Å². The summed E-state index contributed by atoms with van der Waals surface area (Å²) in [5, 5.41) is 10.8. The van der Waals surface area contributed by atoms with Crippen molar-refractivity contribution in [2.75, 3.05) is 0 Å². The third-order valence-corrected chi connectivity index (χ3v) is 8.25. The third-order valence-electron chi connectivity index (χ3n) is 8.25. The van der Waals surface area contributed by atoms with Gasteiger partial charge in [-0.05, 0) is 67.6 Å². The van der Waals surface area contributed by atoms with Gasteiger partial charge in [-0.1, -0.05) is 24.3 Å². The summed E-state index contributed by atoms with van der Waals surface area (Å²) >= 11 is 0. The fourth-order valence-electron chi connectivity index (χ4n) is 6.18. The lowest BCUT2D eigenvalue weighted by molar-refractivity contribution is -0.120. The van der Waals surface area contributed by atoms with E-state index in [9.17, 15) is 28.3 Å². The fourth-order valence-corrected chi connectivity index (χ4v) is 6.18. The second-order valence-corrected chi connectivity index (χ2v) is 11.3. The highest BCUT2D eigenvalue weighted by molar-refractivity contribution is 5.91. The van der Waals surface area contributed by atoms with Gasteiger partial charge in [0.15, 0.2) is 5.82 Å². The van der Waals surface area contributed by atoms with E-state index in [4.69, 9.17) is 5.73 Å². The molecule has 1 amide bonds. The van der Waals surface area contributed by atoms with E-state index in [1.54, 1.807) is 51.1 Å². The van der Waals surface area contributed by atoms with Gasteiger partial charge in [0.25, 0.3) is 5.56 Å². The summed E-state index contributed by atoms with van der Waals surface area (Å²) in [5.41, 5.74) is 5.36. The van der Waals surface area contributed by atoms with E-state index in [1.165, 1.54) is 6.07 Å². The summed E-state index contributed by atoms with van der Waals surface area (Å²) in [6.45, 7) is 4.90. The lowest BCUT2D eigenvalue weighted by Gasteiger charge is -2.32. The van der Waals surface area contributed by atoms with Crippen molar-refractivity contribution in [3.05, 3.63) is 109 Å². The van der Waals surface area contributed by atoms with E-state index in [2.05, 4.69) is 9.97 Å². The standard InChI is InChI=1S/C31H27F3N4O4/c1-13-16(5-4-6-23(13)38-29(40)19-10-15(32)11-21(34)26(19)37-30(38)41)24-20(33)12-18(28(35)39)27-25(24)17-8-7-14(31(2,3)42)9-22(17)36-27/h4-11,18,20,24,36,42H,12H2,1-3H3,(H2,35,39)(H,37,41)/t18-,20+,24+/m0/s1. The molecule has 0 saturated heterocycles. The molecule has 42 heavy (non-hydrogen) atoms. The Balaban J connectivity index is 1.60. The molecule has 3 aromatic carbocycles. The van der Waals surface area contributed by atoms with E-state index in [-0.39, 0.29) is 17.5 Å². The molecule has 3 atom stereocenters. The minimum absolute atomic E-state index is 0.111. The van der Waals surface area contributed by atoms with E-state index in [1.807, 2.05) is 0 Å². The molecule has 216 valence electrons. The molecule has 0 spiro atoms. The van der Waals surface area contributed by atoms with Crippen molar-refractivity contribution >= 4 is 27.7 Å². The smallest absolute Gasteiger partial charge is 0.333 e. The number of carbonyl (C=O) groups excluding carboxylic acids is 1. The highest BCUT2D eigenvalue weighted by atomic mass is 19.1. The summed E-state index contributed by atoms with van der Waals surface area (Å²) in [4.78, 5) is 44.4. The molecule has 0 unspecified atom stereocenters. The number of alkyl halides is 1. The average Bonchev–Trinajstić information content (AvgIpc) is 3.28. The number of nitrogens with zero attached hydrogens (tertiary/aromatic N) is 1. The van der Waals surface area contributed by atoms with Crippen LogP contribution in [0, 0.1) is 18.6 Å². The van der Waals surface area contributed by atoms with Gasteiger partial charge in [-0.25, -0.2) is 22.5 Å². The normalized spacial score (nSPS) is 18.9. The number of carbonyl (C=O) groups is 1. The SMILES string of the molecule is Cc1c([C@H]2c3c([nH]c4cc(C(C)(C)O)ccc34)[C@@H](C(N)=O)C[C@H]2F)cccc1-n1c(=O)[nH]c2c(F)cc(F)cc2c1=O. The molecule has 0 aliphatic heterocycles. The Labute approximate surface area is 236 Å². The molecule has 5 aromatic rings. The minimum Gasteiger partial charge on any atom is -0.386 e. The Bertz CT molecular complexity index is 2050. The van der Waals surface area contributed by atoms with Crippen LogP contribution in [0.3, 0.4) is 0 Å². The number of aliphatic hydroxyl groups is 1. The number of halogens is 3. The Morgan fingerprint density at radius 2 is 1.81 bits per heavy atom. The number of aromatic nitrogens is 3. The van der Waals surface area contributed by atoms with Crippen LogP contribution in [0.1, 0.15) is 60.1 Å². The van der Waals surface area contributed by atoms with E-state index < -0.39 is 57.9 Å². The molecule has 0 saturated carbocycles. The summed E-state index contributed by atoms with van der Waals surface area (Å²) < 4.78 is 45.3. The number of nitrogens with one attached hydrogen (secondary N) is 2. The number of fused-ring (bicyclic) bond motifs is 4. The van der Waals surface area contributed by atoms with E-state index in [0.29, 0.717) is 44.9 Å². The Morgan fingerprint density at radius 3 is 2.50 bits per heavy atom. The van der Waals surface area contributed by atoms with Gasteiger partial charge < -0.3 is 20.8 Å². The summed E-state index contributed by atoms with van der Waals surface area (Å²) in [7, 11) is 0. The van der Waals surface area contributed by atoms with Crippen LogP contribution in [0.5, 0.6) is 0 Å². The van der Waals surface area contributed by atoms with Crippen molar-refractivity contribution in [2.45, 2.75) is 50.8 Å². The third kappa shape index (κ3) is 4.14. The van der Waals surface area contributed by atoms with Crippen LogP contribution in [-0.4, -0.2) is 31.7 Å². The van der Waals surface area contributed by atoms with Gasteiger partial charge in [0.1, 0.15) is 12.0 Å². The number of primary amides is 1. The molecule has 5 N–H and O–H groups in total. The highest BCUT2D eigenvalue weighted by Gasteiger charge is 2.42.